The molecule has 0 heterocycles. The first-order valence-electron chi connectivity index (χ1n) is 7.35. The second-order valence-electron chi connectivity index (χ2n) is 5.51. The van der Waals surface area contributed by atoms with E-state index in [4.69, 9.17) is 5.73 Å². The number of rotatable bonds is 4. The second kappa shape index (κ2) is 8.25. The molecule has 3 aromatic carbocycles. The monoisotopic (exact) mass is 430 g/mol. The maximum atomic E-state index is 11.6. The Balaban J connectivity index is 0.00000280. The van der Waals surface area contributed by atoms with Gasteiger partial charge in [-0.05, 0) is 35.7 Å². The summed E-state index contributed by atoms with van der Waals surface area (Å²) in [6.07, 6.45) is 0. The van der Waals surface area contributed by atoms with Gasteiger partial charge >= 0.3 is 29.6 Å². The van der Waals surface area contributed by atoms with Gasteiger partial charge in [0.2, 0.25) is 0 Å². The SMILES string of the molecule is Nc1c(S(=O)(=O)O)cc2cc(S(=O)(=O)O)ccc2c1N=Nc1ccccc1.[Na+]. The van der Waals surface area contributed by atoms with Gasteiger partial charge in [0, 0.05) is 5.39 Å². The number of azo groups is 1. The van der Waals surface area contributed by atoms with Gasteiger partial charge < -0.3 is 5.73 Å². The van der Waals surface area contributed by atoms with Crippen LogP contribution in [0.3, 0.4) is 0 Å². The van der Waals surface area contributed by atoms with Crippen molar-refractivity contribution < 1.29 is 55.5 Å². The predicted octanol–water partition coefficient (Wildman–Crippen LogP) is 0.335. The van der Waals surface area contributed by atoms with Crippen molar-refractivity contribution in [1.82, 2.24) is 0 Å². The summed E-state index contributed by atoms with van der Waals surface area (Å²) in [5.41, 5.74) is 5.93. The Morgan fingerprint density at radius 2 is 1.46 bits per heavy atom. The van der Waals surface area contributed by atoms with E-state index in [-0.39, 0.29) is 51.7 Å². The van der Waals surface area contributed by atoms with Gasteiger partial charge in [-0.25, -0.2) is 0 Å². The first kappa shape index (κ1) is 22.4. The van der Waals surface area contributed by atoms with Crippen molar-refractivity contribution in [3.63, 3.8) is 0 Å². The smallest absolute Gasteiger partial charge is 0.396 e. The van der Waals surface area contributed by atoms with Crippen LogP contribution in [0.1, 0.15) is 0 Å². The van der Waals surface area contributed by atoms with Gasteiger partial charge in [0.1, 0.15) is 10.6 Å². The predicted molar refractivity (Wildman–Crippen MR) is 98.6 cm³/mol. The largest absolute Gasteiger partial charge is 1.00 e. The van der Waals surface area contributed by atoms with Gasteiger partial charge in [0.15, 0.2) is 0 Å². The Morgan fingerprint density at radius 1 is 0.821 bits per heavy atom. The number of hydrogen-bond donors (Lipinski definition) is 3. The summed E-state index contributed by atoms with van der Waals surface area (Å²) in [4.78, 5) is -1.10. The molecule has 0 aliphatic rings. The molecule has 0 unspecified atom stereocenters. The first-order valence-corrected chi connectivity index (χ1v) is 10.2. The minimum Gasteiger partial charge on any atom is -0.396 e. The van der Waals surface area contributed by atoms with Gasteiger partial charge in [-0.15, -0.1) is 5.11 Å². The fraction of sp³-hybridized carbons (Fsp3) is 0. The molecule has 0 saturated heterocycles. The minimum atomic E-state index is -4.72. The summed E-state index contributed by atoms with van der Waals surface area (Å²) < 4.78 is 64.6. The third-order valence-electron chi connectivity index (χ3n) is 3.68. The maximum absolute atomic E-state index is 11.6. The Morgan fingerprint density at radius 3 is 2.04 bits per heavy atom. The van der Waals surface area contributed by atoms with Gasteiger partial charge in [-0.3, -0.25) is 9.11 Å². The number of nitrogens with two attached hydrogens (primary N) is 1. The van der Waals surface area contributed by atoms with Crippen LogP contribution in [0, 0.1) is 0 Å². The van der Waals surface area contributed by atoms with E-state index in [0.717, 1.165) is 18.2 Å². The normalized spacial score (nSPS) is 12.2. The fourth-order valence-electron chi connectivity index (χ4n) is 2.44. The van der Waals surface area contributed by atoms with Gasteiger partial charge in [-0.1, -0.05) is 24.3 Å². The van der Waals surface area contributed by atoms with Crippen LogP contribution in [0.15, 0.2) is 74.6 Å². The summed E-state index contributed by atoms with van der Waals surface area (Å²) in [5, 5.41) is 8.33. The zero-order valence-electron chi connectivity index (χ0n) is 14.5. The first-order chi connectivity index (χ1) is 12.6. The molecule has 0 saturated carbocycles. The van der Waals surface area contributed by atoms with Crippen molar-refractivity contribution in [2.45, 2.75) is 9.79 Å². The molecule has 0 aromatic heterocycles. The molecule has 0 atom stereocenters. The molecule has 9 nitrogen and oxygen atoms in total. The summed E-state index contributed by atoms with van der Waals surface area (Å²) in [6.45, 7) is 0. The van der Waals surface area contributed by atoms with Gasteiger partial charge in [-0.2, -0.15) is 21.9 Å². The number of hydrogen-bond acceptors (Lipinski definition) is 7. The molecule has 0 aliphatic carbocycles. The molecule has 3 rings (SSSR count). The Bertz CT molecular complexity index is 1280. The van der Waals surface area contributed by atoms with Gasteiger partial charge in [0.05, 0.1) is 16.3 Å². The molecule has 3 aromatic rings. The molecule has 0 fully saturated rings. The number of fused-ring (bicyclic) bond motifs is 1. The van der Waals surface area contributed by atoms with E-state index < -0.39 is 30.0 Å². The zero-order chi connectivity index (χ0) is 19.8. The van der Waals surface area contributed by atoms with E-state index >= 15 is 0 Å². The van der Waals surface area contributed by atoms with E-state index in [1.165, 1.54) is 6.07 Å². The molecule has 12 heteroatoms. The molecule has 0 radical (unpaired) electrons. The molecule has 0 amide bonds. The summed E-state index contributed by atoms with van der Waals surface area (Å²) in [6, 6.07) is 13.0. The molecular weight excluding hydrogens is 417 g/mol. The van der Waals surface area contributed by atoms with E-state index in [9.17, 15) is 25.9 Å². The number of benzene rings is 3. The van der Waals surface area contributed by atoms with Crippen LogP contribution in [0.5, 0.6) is 0 Å². The van der Waals surface area contributed by atoms with E-state index in [1.54, 1.807) is 30.3 Å². The molecular formula is C16H13N3NaO6S2+. The summed E-state index contributed by atoms with van der Waals surface area (Å²) in [5.74, 6) is 0. The van der Waals surface area contributed by atoms with Crippen LogP contribution < -0.4 is 35.3 Å². The van der Waals surface area contributed by atoms with Gasteiger partial charge in [0.25, 0.3) is 20.2 Å². The van der Waals surface area contributed by atoms with Crippen LogP contribution in [-0.4, -0.2) is 25.9 Å². The molecule has 28 heavy (non-hydrogen) atoms. The van der Waals surface area contributed by atoms with E-state index in [1.807, 2.05) is 0 Å². The van der Waals surface area contributed by atoms with E-state index in [2.05, 4.69) is 10.2 Å². The zero-order valence-corrected chi connectivity index (χ0v) is 18.1. The van der Waals surface area contributed by atoms with Crippen molar-refractivity contribution in [2.75, 3.05) is 5.73 Å². The molecule has 0 bridgehead atoms. The third kappa shape index (κ3) is 4.75. The van der Waals surface area contributed by atoms with Crippen molar-refractivity contribution in [3.05, 3.63) is 54.6 Å². The summed E-state index contributed by atoms with van der Waals surface area (Å²) in [7, 11) is -9.24. The van der Waals surface area contributed by atoms with Crippen LogP contribution in [-0.2, 0) is 20.2 Å². The summed E-state index contributed by atoms with van der Waals surface area (Å²) >= 11 is 0. The average molecular weight is 430 g/mol. The fourth-order valence-corrected chi connectivity index (χ4v) is 3.61. The van der Waals surface area contributed by atoms with Crippen molar-refractivity contribution >= 4 is 48.1 Å². The van der Waals surface area contributed by atoms with Crippen molar-refractivity contribution in [1.29, 1.82) is 0 Å². The quantitative estimate of drug-likeness (QED) is 0.233. The number of nitrogens with zero attached hydrogens (tertiary/aromatic N) is 2. The molecule has 0 spiro atoms. The minimum absolute atomic E-state index is 0. The molecule has 140 valence electrons. The molecule has 4 N–H and O–H groups in total. The Kier molecular flexibility index (Phi) is 6.61. The van der Waals surface area contributed by atoms with Crippen molar-refractivity contribution in [3.8, 4) is 0 Å². The van der Waals surface area contributed by atoms with Crippen molar-refractivity contribution in [2.24, 2.45) is 10.2 Å². The molecule has 0 aliphatic heterocycles. The van der Waals surface area contributed by atoms with Crippen LogP contribution in [0.4, 0.5) is 17.1 Å². The average Bonchev–Trinajstić information content (AvgIpc) is 2.59. The maximum Gasteiger partial charge on any atom is 1.00 e. The topological polar surface area (TPSA) is 159 Å². The van der Waals surface area contributed by atoms with E-state index in [0.29, 0.717) is 5.69 Å². The standard InChI is InChI=1S/C16H13N3O6S2.Na/c17-15-14(27(23,24)25)9-10-8-12(26(20,21)22)6-7-13(10)16(15)19-18-11-4-2-1-3-5-11;/h1-9H,17H2,(H,20,21,22)(H,23,24,25);/q;+1. The Hall–Kier alpha value is -1.86. The van der Waals surface area contributed by atoms with Crippen LogP contribution in [0.25, 0.3) is 10.8 Å². The second-order valence-corrected chi connectivity index (χ2v) is 8.32. The number of nitrogen functional groups attached to an aromatic ring is 1. The number of anilines is 1. The van der Waals surface area contributed by atoms with Crippen LogP contribution >= 0.6 is 0 Å². The Labute approximate surface area is 183 Å². The van der Waals surface area contributed by atoms with Crippen LogP contribution in [0.2, 0.25) is 0 Å². The third-order valence-corrected chi connectivity index (χ3v) is 5.43.